The maximum absolute atomic E-state index is 12.3. The lowest BCUT2D eigenvalue weighted by Crippen LogP contribution is -2.22. The molecule has 1 aliphatic rings. The summed E-state index contributed by atoms with van der Waals surface area (Å²) < 4.78 is 12.3. The van der Waals surface area contributed by atoms with Crippen LogP contribution in [0.1, 0.15) is 31.1 Å². The molecule has 0 aliphatic carbocycles. The van der Waals surface area contributed by atoms with Crippen LogP contribution in [0, 0.1) is 0 Å². The highest BCUT2D eigenvalue weighted by Gasteiger charge is 2.20. The Morgan fingerprint density at radius 3 is 2.57 bits per heavy atom. The Hall–Kier alpha value is -2.41. The molecule has 8 heteroatoms. The van der Waals surface area contributed by atoms with E-state index in [2.05, 4.69) is 10.4 Å². The van der Waals surface area contributed by atoms with Gasteiger partial charge in [-0.25, -0.2) is 0 Å². The Labute approximate surface area is 140 Å². The number of fused-ring (bicyclic) bond motifs is 1. The number of anilines is 2. The molecular weight excluding hydrogens is 320 g/mol. The summed E-state index contributed by atoms with van der Waals surface area (Å²) in [4.78, 5) is 12.3. The van der Waals surface area contributed by atoms with E-state index in [1.54, 1.807) is 23.0 Å². The fourth-order valence-electron chi connectivity index (χ4n) is 2.07. The van der Waals surface area contributed by atoms with E-state index in [1.807, 2.05) is 20.8 Å². The van der Waals surface area contributed by atoms with Crippen LogP contribution >= 0.6 is 12.4 Å². The number of halogens is 1. The van der Waals surface area contributed by atoms with Gasteiger partial charge in [-0.3, -0.25) is 9.48 Å². The van der Waals surface area contributed by atoms with Crippen LogP contribution in [0.25, 0.3) is 0 Å². The van der Waals surface area contributed by atoms with Gasteiger partial charge in [0.2, 0.25) is 6.79 Å². The van der Waals surface area contributed by atoms with Crippen LogP contribution in [0.4, 0.5) is 11.4 Å². The molecule has 23 heavy (non-hydrogen) atoms. The average molecular weight is 339 g/mol. The largest absolute Gasteiger partial charge is 0.454 e. The highest BCUT2D eigenvalue weighted by atomic mass is 35.5. The van der Waals surface area contributed by atoms with E-state index in [0.29, 0.717) is 28.4 Å². The number of aromatic nitrogens is 2. The molecule has 0 saturated carbocycles. The topological polar surface area (TPSA) is 91.4 Å². The number of amides is 1. The van der Waals surface area contributed by atoms with Crippen LogP contribution in [-0.4, -0.2) is 22.5 Å². The molecular formula is C15H19ClN4O3. The molecule has 1 amide bonds. The van der Waals surface area contributed by atoms with E-state index < -0.39 is 0 Å². The standard InChI is InChI=1S/C15H18N4O3.ClH/c1-15(2,3)19-7-9(6-17-19)14(20)18-11-5-13-12(4-10(11)16)21-8-22-13;/h4-7H,8,16H2,1-3H3,(H,18,20);1H. The first-order valence-electron chi connectivity index (χ1n) is 6.90. The molecule has 0 bridgehead atoms. The van der Waals surface area contributed by atoms with Crippen molar-refractivity contribution in [1.29, 1.82) is 0 Å². The lowest BCUT2D eigenvalue weighted by atomic mass is 10.1. The van der Waals surface area contributed by atoms with Gasteiger partial charge >= 0.3 is 0 Å². The molecule has 0 radical (unpaired) electrons. The van der Waals surface area contributed by atoms with Crippen molar-refractivity contribution in [2.45, 2.75) is 26.3 Å². The molecule has 3 rings (SSSR count). The van der Waals surface area contributed by atoms with Gasteiger partial charge in [-0.2, -0.15) is 5.10 Å². The third-order valence-corrected chi connectivity index (χ3v) is 3.33. The van der Waals surface area contributed by atoms with Crippen molar-refractivity contribution in [3.8, 4) is 11.5 Å². The van der Waals surface area contributed by atoms with Gasteiger partial charge in [0.25, 0.3) is 5.91 Å². The van der Waals surface area contributed by atoms with Crippen molar-refractivity contribution in [3.63, 3.8) is 0 Å². The minimum Gasteiger partial charge on any atom is -0.454 e. The first-order valence-corrected chi connectivity index (χ1v) is 6.90. The number of nitrogens with zero attached hydrogens (tertiary/aromatic N) is 2. The van der Waals surface area contributed by atoms with Gasteiger partial charge in [-0.1, -0.05) is 0 Å². The second kappa shape index (κ2) is 6.00. The van der Waals surface area contributed by atoms with Crippen LogP contribution in [0.2, 0.25) is 0 Å². The smallest absolute Gasteiger partial charge is 0.258 e. The molecule has 7 nitrogen and oxygen atoms in total. The molecule has 0 saturated heterocycles. The molecule has 2 aromatic rings. The van der Waals surface area contributed by atoms with Crippen molar-refractivity contribution in [1.82, 2.24) is 9.78 Å². The molecule has 124 valence electrons. The number of hydrogen-bond donors (Lipinski definition) is 2. The van der Waals surface area contributed by atoms with E-state index >= 15 is 0 Å². The summed E-state index contributed by atoms with van der Waals surface area (Å²) in [6.07, 6.45) is 3.24. The summed E-state index contributed by atoms with van der Waals surface area (Å²) in [6, 6.07) is 3.29. The first-order chi connectivity index (χ1) is 10.3. The molecule has 2 heterocycles. The maximum Gasteiger partial charge on any atom is 0.258 e. The number of carbonyl (C=O) groups excluding carboxylic acids is 1. The fraction of sp³-hybridized carbons (Fsp3) is 0.333. The van der Waals surface area contributed by atoms with Gasteiger partial charge in [-0.05, 0) is 20.8 Å². The van der Waals surface area contributed by atoms with E-state index in [4.69, 9.17) is 15.2 Å². The third kappa shape index (κ3) is 3.34. The Morgan fingerprint density at radius 1 is 1.30 bits per heavy atom. The molecule has 1 aromatic heterocycles. The summed E-state index contributed by atoms with van der Waals surface area (Å²) in [5.41, 5.74) is 7.11. The number of benzene rings is 1. The summed E-state index contributed by atoms with van der Waals surface area (Å²) in [7, 11) is 0. The van der Waals surface area contributed by atoms with Crippen LogP contribution in [0.5, 0.6) is 11.5 Å². The normalized spacial score (nSPS) is 12.7. The van der Waals surface area contributed by atoms with Crippen LogP contribution in [-0.2, 0) is 5.54 Å². The lowest BCUT2D eigenvalue weighted by Gasteiger charge is -2.18. The predicted molar refractivity (Wildman–Crippen MR) is 89.4 cm³/mol. The summed E-state index contributed by atoms with van der Waals surface area (Å²) >= 11 is 0. The highest BCUT2D eigenvalue weighted by molar-refractivity contribution is 6.05. The molecule has 0 fully saturated rings. The molecule has 3 N–H and O–H groups in total. The molecule has 1 aromatic carbocycles. The first kappa shape index (κ1) is 17.0. The van der Waals surface area contributed by atoms with Gasteiger partial charge < -0.3 is 20.5 Å². The summed E-state index contributed by atoms with van der Waals surface area (Å²) in [5, 5.41) is 6.98. The zero-order valence-corrected chi connectivity index (χ0v) is 13.9. The number of nitrogens with two attached hydrogens (primary N) is 1. The maximum atomic E-state index is 12.3. The molecule has 0 unspecified atom stereocenters. The number of nitrogens with one attached hydrogen (secondary N) is 1. The number of ether oxygens (including phenoxy) is 2. The Bertz CT molecular complexity index is 737. The Morgan fingerprint density at radius 2 is 1.96 bits per heavy atom. The van der Waals surface area contributed by atoms with Crippen LogP contribution in [0.15, 0.2) is 24.5 Å². The van der Waals surface area contributed by atoms with Crippen molar-refractivity contribution >= 4 is 29.7 Å². The zero-order chi connectivity index (χ0) is 15.9. The minimum atomic E-state index is -0.277. The quantitative estimate of drug-likeness (QED) is 0.821. The Kier molecular flexibility index (Phi) is 4.42. The van der Waals surface area contributed by atoms with Crippen LogP contribution < -0.4 is 20.5 Å². The van der Waals surface area contributed by atoms with E-state index in [9.17, 15) is 4.79 Å². The summed E-state index contributed by atoms with van der Waals surface area (Å²) in [6.45, 7) is 6.19. The number of rotatable bonds is 2. The molecule has 1 aliphatic heterocycles. The monoisotopic (exact) mass is 338 g/mol. The zero-order valence-electron chi connectivity index (χ0n) is 13.1. The van der Waals surface area contributed by atoms with Gasteiger partial charge in [-0.15, -0.1) is 12.4 Å². The Balaban J connectivity index is 0.00000192. The minimum absolute atomic E-state index is 0. The predicted octanol–water partition coefficient (Wildman–Crippen LogP) is 2.62. The lowest BCUT2D eigenvalue weighted by molar-refractivity contribution is 0.102. The number of hydrogen-bond acceptors (Lipinski definition) is 5. The third-order valence-electron chi connectivity index (χ3n) is 3.33. The number of nitrogen functional groups attached to an aromatic ring is 1. The van der Waals surface area contributed by atoms with Crippen LogP contribution in [0.3, 0.4) is 0 Å². The van der Waals surface area contributed by atoms with Gasteiger partial charge in [0.05, 0.1) is 28.7 Å². The summed E-state index contributed by atoms with van der Waals surface area (Å²) in [5.74, 6) is 0.868. The van der Waals surface area contributed by atoms with E-state index in [0.717, 1.165) is 0 Å². The van der Waals surface area contributed by atoms with Crippen molar-refractivity contribution < 1.29 is 14.3 Å². The van der Waals surface area contributed by atoms with Crippen molar-refractivity contribution in [2.24, 2.45) is 0 Å². The van der Waals surface area contributed by atoms with Gasteiger partial charge in [0.1, 0.15) is 0 Å². The van der Waals surface area contributed by atoms with Gasteiger partial charge in [0.15, 0.2) is 11.5 Å². The SMILES string of the molecule is CC(C)(C)n1cc(C(=O)Nc2cc3c(cc2N)OCO3)cn1.Cl. The fourth-order valence-corrected chi connectivity index (χ4v) is 2.07. The second-order valence-electron chi connectivity index (χ2n) is 6.09. The van der Waals surface area contributed by atoms with E-state index in [1.165, 1.54) is 6.20 Å². The number of carbonyl (C=O) groups is 1. The second-order valence-corrected chi connectivity index (χ2v) is 6.09. The highest BCUT2D eigenvalue weighted by Crippen LogP contribution is 2.38. The van der Waals surface area contributed by atoms with E-state index in [-0.39, 0.29) is 30.6 Å². The van der Waals surface area contributed by atoms with Crippen molar-refractivity contribution in [2.75, 3.05) is 17.8 Å². The van der Waals surface area contributed by atoms with Gasteiger partial charge in [0, 0.05) is 18.3 Å². The molecule has 0 atom stereocenters. The molecule has 0 spiro atoms. The average Bonchev–Trinajstić information content (AvgIpc) is 3.06. The van der Waals surface area contributed by atoms with Crippen molar-refractivity contribution in [3.05, 3.63) is 30.1 Å².